The highest BCUT2D eigenvalue weighted by Gasteiger charge is 2.36. The van der Waals surface area contributed by atoms with Gasteiger partial charge in [-0.15, -0.1) is 0 Å². The summed E-state index contributed by atoms with van der Waals surface area (Å²) in [5.74, 6) is 2.64. The van der Waals surface area contributed by atoms with Crippen molar-refractivity contribution in [1.82, 2.24) is 39.6 Å². The first-order chi connectivity index (χ1) is 19.8. The Hall–Kier alpha value is -4.74. The summed E-state index contributed by atoms with van der Waals surface area (Å²) in [4.78, 5) is 34.7. The van der Waals surface area contributed by atoms with Crippen molar-refractivity contribution in [2.24, 2.45) is 0 Å². The maximum Gasteiger partial charge on any atom is 0.245 e. The summed E-state index contributed by atoms with van der Waals surface area (Å²) < 4.78 is 10.1. The first-order valence-corrected chi connectivity index (χ1v) is 13.9. The molecule has 210 valence electrons. The molecule has 2 fully saturated rings. The number of β-lactam (4-membered cyclic amide) rings is 1. The molecule has 0 bridgehead atoms. The number of hydrogen-bond acceptors (Lipinski definition) is 8. The number of fused-ring (bicyclic) bond motifs is 2. The van der Waals surface area contributed by atoms with Crippen LogP contribution in [0.5, 0.6) is 5.75 Å². The van der Waals surface area contributed by atoms with Gasteiger partial charge < -0.3 is 20.3 Å². The Labute approximate surface area is 236 Å². The highest BCUT2D eigenvalue weighted by molar-refractivity contribution is 5.97. The topological polar surface area (TPSA) is 132 Å². The molecule has 3 aliphatic rings. The van der Waals surface area contributed by atoms with Gasteiger partial charge in [0.15, 0.2) is 5.82 Å². The Bertz CT molecular complexity index is 1680. The van der Waals surface area contributed by atoms with E-state index in [-0.39, 0.29) is 23.8 Å². The van der Waals surface area contributed by atoms with E-state index in [0.717, 1.165) is 47.0 Å². The van der Waals surface area contributed by atoms with Gasteiger partial charge in [0.05, 0.1) is 12.8 Å². The van der Waals surface area contributed by atoms with Crippen molar-refractivity contribution in [2.45, 2.75) is 57.1 Å². The molecule has 3 aliphatic heterocycles. The second kappa shape index (κ2) is 9.72. The third-order valence-corrected chi connectivity index (χ3v) is 8.26. The van der Waals surface area contributed by atoms with Crippen LogP contribution in [-0.4, -0.2) is 70.8 Å². The molecule has 41 heavy (non-hydrogen) atoms. The van der Waals surface area contributed by atoms with Gasteiger partial charge in [0, 0.05) is 31.2 Å². The smallest absolute Gasteiger partial charge is 0.245 e. The van der Waals surface area contributed by atoms with Crippen LogP contribution in [0.3, 0.4) is 0 Å². The number of anilines is 2. The van der Waals surface area contributed by atoms with Crippen LogP contribution < -0.4 is 15.4 Å². The summed E-state index contributed by atoms with van der Waals surface area (Å²) in [5.41, 5.74) is 3.48. The van der Waals surface area contributed by atoms with Crippen LogP contribution in [0, 0.1) is 6.92 Å². The van der Waals surface area contributed by atoms with Gasteiger partial charge in [0.25, 0.3) is 0 Å². The van der Waals surface area contributed by atoms with Crippen LogP contribution in [0.25, 0.3) is 11.7 Å². The standard InChI is InChI=1S/C29H31N9O3/c1-18-13-20(3-4-23(18)41-29(2)8-12-37-24(15-29)30-16-32-37)34-27-26-21(7-11-38(26)33-17-31-27)19-5-9-36(10-6-19)28(40)22-14-25(39)35-22/h3-4,7-8,11-13,16-17,19,22H,5-6,9-10,14-15H2,1-2H3,(H,35,39)(H,31,33,34). The minimum absolute atomic E-state index is 0.0232. The lowest BCUT2D eigenvalue weighted by Crippen LogP contribution is -2.58. The van der Waals surface area contributed by atoms with E-state index in [2.05, 4.69) is 42.9 Å². The van der Waals surface area contributed by atoms with E-state index in [1.54, 1.807) is 17.3 Å². The van der Waals surface area contributed by atoms with Gasteiger partial charge in [0.1, 0.15) is 41.4 Å². The number of rotatable bonds is 6. The SMILES string of the molecule is Cc1cc(Nc2ncnn3ccc(C4CCN(C(=O)C5CC(=O)N5)CC4)c23)ccc1OC1(C)C=Cn2ncnc2C1. The maximum atomic E-state index is 12.7. The lowest BCUT2D eigenvalue weighted by molar-refractivity contribution is -0.144. The Morgan fingerprint density at radius 1 is 1.15 bits per heavy atom. The zero-order valence-corrected chi connectivity index (χ0v) is 22.9. The van der Waals surface area contributed by atoms with Gasteiger partial charge in [-0.05, 0) is 74.1 Å². The minimum Gasteiger partial charge on any atom is -0.483 e. The van der Waals surface area contributed by atoms with E-state index in [1.807, 2.05) is 53.9 Å². The summed E-state index contributed by atoms with van der Waals surface area (Å²) in [7, 11) is 0. The second-order valence-electron chi connectivity index (χ2n) is 11.2. The molecule has 7 rings (SSSR count). The average Bonchev–Trinajstić information content (AvgIpc) is 3.60. The predicted octanol–water partition coefficient (Wildman–Crippen LogP) is 2.83. The number of amides is 2. The number of aryl methyl sites for hydroxylation is 1. The van der Waals surface area contributed by atoms with Crippen molar-refractivity contribution in [3.05, 3.63) is 66.1 Å². The molecule has 12 nitrogen and oxygen atoms in total. The predicted molar refractivity (Wildman–Crippen MR) is 151 cm³/mol. The molecule has 0 saturated carbocycles. The Morgan fingerprint density at radius 2 is 1.95 bits per heavy atom. The molecule has 2 N–H and O–H groups in total. The van der Waals surface area contributed by atoms with Gasteiger partial charge in [-0.1, -0.05) is 0 Å². The fourth-order valence-corrected chi connectivity index (χ4v) is 5.96. The molecule has 2 atom stereocenters. The number of nitrogens with one attached hydrogen (secondary N) is 2. The van der Waals surface area contributed by atoms with Crippen LogP contribution in [0.4, 0.5) is 11.5 Å². The van der Waals surface area contributed by atoms with Crippen molar-refractivity contribution >= 4 is 35.0 Å². The lowest BCUT2D eigenvalue weighted by atomic mass is 9.89. The Balaban J connectivity index is 1.06. The monoisotopic (exact) mass is 553 g/mol. The van der Waals surface area contributed by atoms with Crippen molar-refractivity contribution in [3.63, 3.8) is 0 Å². The summed E-state index contributed by atoms with van der Waals surface area (Å²) in [6.45, 7) is 5.40. The fourth-order valence-electron chi connectivity index (χ4n) is 5.96. The van der Waals surface area contributed by atoms with E-state index in [0.29, 0.717) is 25.9 Å². The number of ether oxygens (including phenoxy) is 1. The summed E-state index contributed by atoms with van der Waals surface area (Å²) in [6.07, 6.45) is 11.6. The highest BCUT2D eigenvalue weighted by atomic mass is 16.5. The van der Waals surface area contributed by atoms with Crippen LogP contribution in [0.2, 0.25) is 0 Å². The number of piperidine rings is 1. The van der Waals surface area contributed by atoms with E-state index in [9.17, 15) is 9.59 Å². The van der Waals surface area contributed by atoms with Gasteiger partial charge in [0.2, 0.25) is 11.8 Å². The van der Waals surface area contributed by atoms with Crippen LogP contribution in [0.15, 0.2) is 49.2 Å². The molecule has 0 radical (unpaired) electrons. The van der Waals surface area contributed by atoms with Gasteiger partial charge in [-0.3, -0.25) is 9.59 Å². The molecule has 12 heteroatoms. The number of hydrogen-bond donors (Lipinski definition) is 2. The van der Waals surface area contributed by atoms with Crippen LogP contribution >= 0.6 is 0 Å². The van der Waals surface area contributed by atoms with E-state index < -0.39 is 5.60 Å². The minimum atomic E-state index is -0.519. The van der Waals surface area contributed by atoms with Crippen LogP contribution in [-0.2, 0) is 16.0 Å². The number of carbonyl (C=O) groups excluding carboxylic acids is 2. The van der Waals surface area contributed by atoms with Crippen molar-refractivity contribution < 1.29 is 14.3 Å². The summed E-state index contributed by atoms with van der Waals surface area (Å²) >= 11 is 0. The maximum absolute atomic E-state index is 12.7. The molecule has 6 heterocycles. The molecule has 2 saturated heterocycles. The van der Waals surface area contributed by atoms with Crippen LogP contribution in [0.1, 0.15) is 49.1 Å². The summed E-state index contributed by atoms with van der Waals surface area (Å²) in [5, 5.41) is 14.8. The number of nitrogens with zero attached hydrogens (tertiary/aromatic N) is 7. The number of likely N-dealkylation sites (tertiary alicyclic amines) is 1. The third-order valence-electron chi connectivity index (χ3n) is 8.26. The lowest BCUT2D eigenvalue weighted by Gasteiger charge is -2.36. The van der Waals surface area contributed by atoms with Crippen molar-refractivity contribution in [3.8, 4) is 5.75 Å². The normalized spacial score (nSPS) is 22.2. The second-order valence-corrected chi connectivity index (χ2v) is 11.2. The molecule has 4 aromatic rings. The molecule has 3 aromatic heterocycles. The number of benzene rings is 1. The van der Waals surface area contributed by atoms with Gasteiger partial charge in [-0.25, -0.2) is 19.2 Å². The van der Waals surface area contributed by atoms with E-state index >= 15 is 0 Å². The number of carbonyl (C=O) groups is 2. The molecule has 1 aromatic carbocycles. The van der Waals surface area contributed by atoms with E-state index in [4.69, 9.17) is 4.74 Å². The first kappa shape index (κ1) is 25.2. The molecular formula is C29H31N9O3. The average molecular weight is 554 g/mol. The zero-order valence-electron chi connectivity index (χ0n) is 22.9. The molecule has 2 unspecified atom stereocenters. The van der Waals surface area contributed by atoms with E-state index in [1.165, 1.54) is 5.56 Å². The Morgan fingerprint density at radius 3 is 2.73 bits per heavy atom. The zero-order chi connectivity index (χ0) is 28.1. The molecular weight excluding hydrogens is 522 g/mol. The summed E-state index contributed by atoms with van der Waals surface area (Å²) in [6, 6.07) is 7.77. The Kier molecular flexibility index (Phi) is 5.98. The fraction of sp³-hybridized carbons (Fsp3) is 0.379. The highest BCUT2D eigenvalue weighted by Crippen LogP contribution is 2.36. The molecule has 0 aliphatic carbocycles. The van der Waals surface area contributed by atoms with Gasteiger partial charge >= 0.3 is 0 Å². The number of aromatic nitrogens is 6. The first-order valence-electron chi connectivity index (χ1n) is 13.9. The van der Waals surface area contributed by atoms with Gasteiger partial charge in [-0.2, -0.15) is 10.2 Å². The third kappa shape index (κ3) is 4.68. The van der Waals surface area contributed by atoms with Crippen molar-refractivity contribution in [1.29, 1.82) is 0 Å². The quantitative estimate of drug-likeness (QED) is 0.349. The molecule has 2 amide bonds. The largest absolute Gasteiger partial charge is 0.483 e. The molecule has 0 spiro atoms. The van der Waals surface area contributed by atoms with Crippen molar-refractivity contribution in [2.75, 3.05) is 18.4 Å².